The van der Waals surface area contributed by atoms with E-state index in [0.29, 0.717) is 19.5 Å². The molecule has 2 aliphatic rings. The van der Waals surface area contributed by atoms with Gasteiger partial charge in [-0.3, -0.25) is 0 Å². The Hall–Kier alpha value is -2.42. The molecule has 2 aliphatic heterocycles. The van der Waals surface area contributed by atoms with E-state index >= 15 is 0 Å². The molecule has 0 radical (unpaired) electrons. The van der Waals surface area contributed by atoms with E-state index in [0.717, 1.165) is 24.8 Å². The Bertz CT molecular complexity index is 867. The van der Waals surface area contributed by atoms with Crippen molar-refractivity contribution >= 4 is 12.2 Å². The lowest BCUT2D eigenvalue weighted by Crippen LogP contribution is -2.54. The van der Waals surface area contributed by atoms with Crippen LogP contribution in [-0.4, -0.2) is 72.4 Å². The van der Waals surface area contributed by atoms with Crippen molar-refractivity contribution in [1.29, 1.82) is 0 Å². The number of hydrogen-bond donors (Lipinski definition) is 0. The van der Waals surface area contributed by atoms with Gasteiger partial charge in [0.1, 0.15) is 18.3 Å². The Labute approximate surface area is 213 Å². The molecule has 202 valence electrons. The van der Waals surface area contributed by atoms with Gasteiger partial charge in [-0.2, -0.15) is 0 Å². The number of carbonyl (C=O) groups is 2. The van der Waals surface area contributed by atoms with Crippen molar-refractivity contribution in [1.82, 2.24) is 9.80 Å². The molecule has 2 heterocycles. The van der Waals surface area contributed by atoms with Crippen LogP contribution in [0.15, 0.2) is 30.3 Å². The number of halogens is 2. The minimum absolute atomic E-state index is 0.0587. The van der Waals surface area contributed by atoms with Gasteiger partial charge in [0.25, 0.3) is 5.92 Å². The van der Waals surface area contributed by atoms with Gasteiger partial charge in [0.05, 0.1) is 6.54 Å². The van der Waals surface area contributed by atoms with Gasteiger partial charge in [-0.05, 0) is 51.0 Å². The molecule has 0 spiro atoms. The quantitative estimate of drug-likeness (QED) is 0.459. The van der Waals surface area contributed by atoms with Crippen LogP contribution in [0.2, 0.25) is 0 Å². The molecule has 1 aromatic rings. The average Bonchev–Trinajstić information content (AvgIpc) is 2.83. The van der Waals surface area contributed by atoms with E-state index < -0.39 is 30.1 Å². The number of alkyl halides is 2. The average molecular weight is 511 g/mol. The minimum atomic E-state index is -3.00. The molecule has 36 heavy (non-hydrogen) atoms. The third kappa shape index (κ3) is 7.79. The van der Waals surface area contributed by atoms with Gasteiger partial charge in [0, 0.05) is 32.7 Å². The lowest BCUT2D eigenvalue weighted by Gasteiger charge is -2.42. The number of rotatable bonds is 7. The highest BCUT2D eigenvalue weighted by Gasteiger charge is 2.47. The number of hydrogen-bond acceptors (Lipinski definition) is 5. The van der Waals surface area contributed by atoms with E-state index in [-0.39, 0.29) is 37.8 Å². The summed E-state index contributed by atoms with van der Waals surface area (Å²) in [7, 11) is 0. The Balaban J connectivity index is 1.46. The summed E-state index contributed by atoms with van der Waals surface area (Å²) < 4.78 is 45.6. The Morgan fingerprint density at radius 2 is 1.64 bits per heavy atom. The van der Waals surface area contributed by atoms with E-state index in [1.807, 2.05) is 30.3 Å². The van der Waals surface area contributed by atoms with Gasteiger partial charge in [0.15, 0.2) is 0 Å². The highest BCUT2D eigenvalue weighted by atomic mass is 19.3. The number of likely N-dealkylation sites (tertiary alicyclic amines) is 2. The maximum Gasteiger partial charge on any atom is 0.410 e. The number of benzene rings is 1. The van der Waals surface area contributed by atoms with Crippen molar-refractivity contribution < 1.29 is 32.6 Å². The predicted molar refractivity (Wildman–Crippen MR) is 132 cm³/mol. The Morgan fingerprint density at radius 3 is 2.25 bits per heavy atom. The van der Waals surface area contributed by atoms with Crippen molar-refractivity contribution in [3.05, 3.63) is 35.9 Å². The van der Waals surface area contributed by atoms with E-state index in [9.17, 15) is 18.4 Å². The zero-order valence-corrected chi connectivity index (χ0v) is 21.9. The molecule has 1 atom stereocenters. The molecule has 0 N–H and O–H groups in total. The molecular weight excluding hydrogens is 470 g/mol. The molecule has 2 saturated heterocycles. The van der Waals surface area contributed by atoms with Crippen molar-refractivity contribution in [3.8, 4) is 0 Å². The first-order chi connectivity index (χ1) is 16.9. The standard InChI is InChI=1S/C27H40F2N2O5/c1-5-26(11-15-30(16-12-26)23(32)35-20-21-9-7-6-8-10-21)14-18-34-22-19-31(17-13-27(22,28)29)24(33)36-25(2,3)4/h6-10,22H,5,11-20H2,1-4H3. The third-order valence-corrected chi connectivity index (χ3v) is 7.21. The molecule has 3 rings (SSSR count). The summed E-state index contributed by atoms with van der Waals surface area (Å²) in [4.78, 5) is 27.9. The number of nitrogens with zero attached hydrogens (tertiary/aromatic N) is 2. The van der Waals surface area contributed by atoms with Gasteiger partial charge in [-0.1, -0.05) is 43.7 Å². The zero-order chi connectivity index (χ0) is 26.4. The highest BCUT2D eigenvalue weighted by Crippen LogP contribution is 2.39. The first kappa shape index (κ1) is 28.2. The molecule has 0 bridgehead atoms. The van der Waals surface area contributed by atoms with Crippen LogP contribution in [0, 0.1) is 5.41 Å². The van der Waals surface area contributed by atoms with Crippen LogP contribution in [-0.2, 0) is 20.8 Å². The second-order valence-corrected chi connectivity index (χ2v) is 10.9. The molecule has 0 saturated carbocycles. The Morgan fingerprint density at radius 1 is 1.00 bits per heavy atom. The summed E-state index contributed by atoms with van der Waals surface area (Å²) >= 11 is 0. The summed E-state index contributed by atoms with van der Waals surface area (Å²) in [5.41, 5.74) is 0.169. The molecular formula is C27H40F2N2O5. The van der Waals surface area contributed by atoms with Gasteiger partial charge < -0.3 is 24.0 Å². The van der Waals surface area contributed by atoms with Gasteiger partial charge in [0.2, 0.25) is 0 Å². The first-order valence-electron chi connectivity index (χ1n) is 12.9. The van der Waals surface area contributed by atoms with Crippen LogP contribution in [0.1, 0.15) is 65.4 Å². The third-order valence-electron chi connectivity index (χ3n) is 7.21. The number of amides is 2. The van der Waals surface area contributed by atoms with Crippen LogP contribution in [0.5, 0.6) is 0 Å². The summed E-state index contributed by atoms with van der Waals surface area (Å²) in [6.45, 7) is 8.61. The molecule has 0 aliphatic carbocycles. The van der Waals surface area contributed by atoms with Crippen LogP contribution in [0.3, 0.4) is 0 Å². The normalized spacial score (nSPS) is 21.7. The lowest BCUT2D eigenvalue weighted by atomic mass is 9.74. The molecule has 0 aromatic heterocycles. The van der Waals surface area contributed by atoms with Crippen molar-refractivity contribution in [2.45, 2.75) is 84.0 Å². The molecule has 7 nitrogen and oxygen atoms in total. The Kier molecular flexibility index (Phi) is 9.19. The van der Waals surface area contributed by atoms with Crippen LogP contribution >= 0.6 is 0 Å². The van der Waals surface area contributed by atoms with E-state index in [1.165, 1.54) is 4.90 Å². The molecule has 1 aromatic carbocycles. The number of carbonyl (C=O) groups excluding carboxylic acids is 2. The summed E-state index contributed by atoms with van der Waals surface area (Å²) in [5, 5.41) is 0. The molecule has 2 amide bonds. The van der Waals surface area contributed by atoms with Crippen LogP contribution in [0.4, 0.5) is 18.4 Å². The van der Waals surface area contributed by atoms with Crippen LogP contribution in [0.25, 0.3) is 0 Å². The van der Waals surface area contributed by atoms with E-state index in [1.54, 1.807) is 25.7 Å². The topological polar surface area (TPSA) is 68.3 Å². The fourth-order valence-electron chi connectivity index (χ4n) is 4.71. The van der Waals surface area contributed by atoms with E-state index in [4.69, 9.17) is 14.2 Å². The largest absolute Gasteiger partial charge is 0.445 e. The minimum Gasteiger partial charge on any atom is -0.445 e. The van der Waals surface area contributed by atoms with Crippen molar-refractivity contribution in [2.24, 2.45) is 5.41 Å². The predicted octanol–water partition coefficient (Wildman–Crippen LogP) is 5.87. The van der Waals surface area contributed by atoms with Gasteiger partial charge >= 0.3 is 12.2 Å². The van der Waals surface area contributed by atoms with Crippen molar-refractivity contribution in [3.63, 3.8) is 0 Å². The molecule has 2 fully saturated rings. The SMILES string of the molecule is CCC1(CCOC2CN(C(=O)OC(C)(C)C)CCC2(F)F)CCN(C(=O)OCc2ccccc2)CC1. The molecule has 1 unspecified atom stereocenters. The lowest BCUT2D eigenvalue weighted by molar-refractivity contribution is -0.172. The zero-order valence-electron chi connectivity index (χ0n) is 21.9. The van der Waals surface area contributed by atoms with Gasteiger partial charge in [-0.25, -0.2) is 18.4 Å². The number of piperidine rings is 2. The summed E-state index contributed by atoms with van der Waals surface area (Å²) in [6.07, 6.45) is 0.281. The van der Waals surface area contributed by atoms with E-state index in [2.05, 4.69) is 6.92 Å². The fraction of sp³-hybridized carbons (Fsp3) is 0.704. The van der Waals surface area contributed by atoms with Crippen molar-refractivity contribution in [2.75, 3.05) is 32.8 Å². The monoisotopic (exact) mass is 510 g/mol. The highest BCUT2D eigenvalue weighted by molar-refractivity contribution is 5.68. The second kappa shape index (κ2) is 11.8. The smallest absolute Gasteiger partial charge is 0.410 e. The summed E-state index contributed by atoms with van der Waals surface area (Å²) in [5.74, 6) is -3.00. The molecule has 9 heteroatoms. The first-order valence-corrected chi connectivity index (χ1v) is 12.9. The van der Waals surface area contributed by atoms with Gasteiger partial charge in [-0.15, -0.1) is 0 Å². The number of ether oxygens (including phenoxy) is 3. The maximum atomic E-state index is 14.6. The van der Waals surface area contributed by atoms with Crippen LogP contribution < -0.4 is 0 Å². The fourth-order valence-corrected chi connectivity index (χ4v) is 4.71. The maximum absolute atomic E-state index is 14.6. The summed E-state index contributed by atoms with van der Waals surface area (Å²) in [6, 6.07) is 9.54. The second-order valence-electron chi connectivity index (χ2n) is 10.9.